The fourth-order valence-corrected chi connectivity index (χ4v) is 4.27. The number of ether oxygens (including phenoxy) is 1. The van der Waals surface area contributed by atoms with E-state index in [0.29, 0.717) is 18.8 Å². The standard InChI is InChI=1S/C23H28FN3O2/c1-29-22-8-6-20(24)13-19(22)15-26-9-11-27(12-10-26)16-23(28)25-21-7-5-17-3-2-4-18(17)14-21/h5-8,13-14H,2-4,9-12,15-16H2,1H3,(H,25,28). The van der Waals surface area contributed by atoms with Gasteiger partial charge in [0, 0.05) is 44.0 Å². The van der Waals surface area contributed by atoms with Crippen LogP contribution >= 0.6 is 0 Å². The molecule has 1 saturated heterocycles. The van der Waals surface area contributed by atoms with E-state index in [0.717, 1.165) is 50.3 Å². The van der Waals surface area contributed by atoms with Crippen LogP contribution in [0, 0.1) is 5.82 Å². The van der Waals surface area contributed by atoms with Crippen molar-refractivity contribution in [1.29, 1.82) is 0 Å². The molecule has 1 aliphatic carbocycles. The number of aryl methyl sites for hydroxylation is 2. The molecule has 1 heterocycles. The number of carbonyl (C=O) groups excluding carboxylic acids is 1. The van der Waals surface area contributed by atoms with E-state index >= 15 is 0 Å². The molecule has 4 rings (SSSR count). The summed E-state index contributed by atoms with van der Waals surface area (Å²) in [5, 5.41) is 3.04. The van der Waals surface area contributed by atoms with E-state index in [-0.39, 0.29) is 11.7 Å². The monoisotopic (exact) mass is 397 g/mol. The van der Waals surface area contributed by atoms with Crippen molar-refractivity contribution in [2.45, 2.75) is 25.8 Å². The van der Waals surface area contributed by atoms with Crippen LogP contribution in [0.2, 0.25) is 0 Å². The zero-order valence-corrected chi connectivity index (χ0v) is 16.9. The predicted octanol–water partition coefficient (Wildman–Crippen LogP) is 3.08. The number of nitrogens with zero attached hydrogens (tertiary/aromatic N) is 2. The molecule has 0 unspecified atom stereocenters. The van der Waals surface area contributed by atoms with Crippen LogP contribution in [0.1, 0.15) is 23.1 Å². The van der Waals surface area contributed by atoms with E-state index in [9.17, 15) is 9.18 Å². The Balaban J connectivity index is 1.25. The van der Waals surface area contributed by atoms with Crippen LogP contribution in [-0.2, 0) is 24.2 Å². The molecule has 2 aromatic carbocycles. The lowest BCUT2D eigenvalue weighted by Gasteiger charge is -2.34. The Morgan fingerprint density at radius 1 is 1.03 bits per heavy atom. The highest BCUT2D eigenvalue weighted by atomic mass is 19.1. The zero-order chi connectivity index (χ0) is 20.2. The Labute approximate surface area is 171 Å². The predicted molar refractivity (Wildman–Crippen MR) is 112 cm³/mol. The van der Waals surface area contributed by atoms with Gasteiger partial charge in [-0.25, -0.2) is 4.39 Å². The lowest BCUT2D eigenvalue weighted by atomic mass is 10.1. The molecule has 6 heteroatoms. The molecule has 1 aliphatic heterocycles. The van der Waals surface area contributed by atoms with Gasteiger partial charge < -0.3 is 10.1 Å². The van der Waals surface area contributed by atoms with Gasteiger partial charge in [-0.3, -0.25) is 14.6 Å². The van der Waals surface area contributed by atoms with E-state index in [4.69, 9.17) is 4.74 Å². The summed E-state index contributed by atoms with van der Waals surface area (Å²) in [6.45, 7) is 4.35. The molecule has 0 radical (unpaired) electrons. The summed E-state index contributed by atoms with van der Waals surface area (Å²) in [5.41, 5.74) is 4.53. The molecule has 0 saturated carbocycles. The van der Waals surface area contributed by atoms with Gasteiger partial charge in [0.15, 0.2) is 0 Å². The van der Waals surface area contributed by atoms with Crippen molar-refractivity contribution in [1.82, 2.24) is 9.80 Å². The summed E-state index contributed by atoms with van der Waals surface area (Å²) in [6.07, 6.45) is 3.46. The van der Waals surface area contributed by atoms with Crippen molar-refractivity contribution >= 4 is 11.6 Å². The normalized spacial score (nSPS) is 17.2. The maximum Gasteiger partial charge on any atom is 0.238 e. The maximum absolute atomic E-state index is 13.6. The van der Waals surface area contributed by atoms with Crippen molar-refractivity contribution in [2.24, 2.45) is 0 Å². The van der Waals surface area contributed by atoms with Crippen LogP contribution in [0.5, 0.6) is 5.75 Å². The smallest absolute Gasteiger partial charge is 0.238 e. The first kappa shape index (κ1) is 19.9. The number of amides is 1. The SMILES string of the molecule is COc1ccc(F)cc1CN1CCN(CC(=O)Nc2ccc3c(c2)CCC3)CC1. The van der Waals surface area contributed by atoms with E-state index in [1.54, 1.807) is 13.2 Å². The first-order valence-electron chi connectivity index (χ1n) is 10.3. The molecule has 1 fully saturated rings. The van der Waals surface area contributed by atoms with Crippen LogP contribution in [-0.4, -0.2) is 55.5 Å². The molecule has 2 aromatic rings. The first-order valence-corrected chi connectivity index (χ1v) is 10.3. The van der Waals surface area contributed by atoms with Crippen LogP contribution in [0.15, 0.2) is 36.4 Å². The maximum atomic E-state index is 13.6. The lowest BCUT2D eigenvalue weighted by Crippen LogP contribution is -2.48. The number of methoxy groups -OCH3 is 1. The van der Waals surface area contributed by atoms with Crippen LogP contribution < -0.4 is 10.1 Å². The molecule has 5 nitrogen and oxygen atoms in total. The number of carbonyl (C=O) groups is 1. The Bertz CT molecular complexity index is 878. The van der Waals surface area contributed by atoms with Gasteiger partial charge >= 0.3 is 0 Å². The fourth-order valence-electron chi connectivity index (χ4n) is 4.27. The van der Waals surface area contributed by atoms with E-state index in [1.165, 1.54) is 29.7 Å². The van der Waals surface area contributed by atoms with Crippen molar-refractivity contribution in [3.05, 3.63) is 58.9 Å². The second-order valence-electron chi connectivity index (χ2n) is 7.89. The summed E-state index contributed by atoms with van der Waals surface area (Å²) in [6, 6.07) is 10.9. The molecule has 29 heavy (non-hydrogen) atoms. The minimum absolute atomic E-state index is 0.0307. The Kier molecular flexibility index (Phi) is 6.11. The third-order valence-electron chi connectivity index (χ3n) is 5.85. The van der Waals surface area contributed by atoms with Crippen LogP contribution in [0.25, 0.3) is 0 Å². The van der Waals surface area contributed by atoms with Crippen molar-refractivity contribution in [3.8, 4) is 5.75 Å². The van der Waals surface area contributed by atoms with E-state index in [1.807, 2.05) is 6.07 Å². The molecule has 0 bridgehead atoms. The molecule has 1 amide bonds. The molecule has 0 spiro atoms. The summed E-state index contributed by atoms with van der Waals surface area (Å²) >= 11 is 0. The molecule has 1 N–H and O–H groups in total. The fraction of sp³-hybridized carbons (Fsp3) is 0.435. The number of benzene rings is 2. The zero-order valence-electron chi connectivity index (χ0n) is 16.9. The number of hydrogen-bond donors (Lipinski definition) is 1. The number of anilines is 1. The van der Waals surface area contributed by atoms with Gasteiger partial charge in [0.05, 0.1) is 13.7 Å². The van der Waals surface area contributed by atoms with E-state index < -0.39 is 0 Å². The summed E-state index contributed by atoms with van der Waals surface area (Å²) in [4.78, 5) is 16.9. The van der Waals surface area contributed by atoms with Crippen molar-refractivity contribution in [3.63, 3.8) is 0 Å². The molecular formula is C23H28FN3O2. The van der Waals surface area contributed by atoms with Gasteiger partial charge in [-0.05, 0) is 60.7 Å². The quantitative estimate of drug-likeness (QED) is 0.814. The minimum Gasteiger partial charge on any atom is -0.496 e. The van der Waals surface area contributed by atoms with E-state index in [2.05, 4.69) is 27.2 Å². The number of halogens is 1. The Morgan fingerprint density at radius 3 is 2.59 bits per heavy atom. The lowest BCUT2D eigenvalue weighted by molar-refractivity contribution is -0.117. The number of piperazine rings is 1. The number of hydrogen-bond acceptors (Lipinski definition) is 4. The Morgan fingerprint density at radius 2 is 1.79 bits per heavy atom. The summed E-state index contributed by atoms with van der Waals surface area (Å²) in [5.74, 6) is 0.494. The first-order chi connectivity index (χ1) is 14.1. The number of fused-ring (bicyclic) bond motifs is 1. The second-order valence-corrected chi connectivity index (χ2v) is 7.89. The third-order valence-corrected chi connectivity index (χ3v) is 5.85. The average molecular weight is 397 g/mol. The summed E-state index contributed by atoms with van der Waals surface area (Å²) < 4.78 is 18.9. The van der Waals surface area contributed by atoms with Gasteiger partial charge in [-0.2, -0.15) is 0 Å². The van der Waals surface area contributed by atoms with Gasteiger partial charge in [-0.15, -0.1) is 0 Å². The second kappa shape index (κ2) is 8.93. The highest BCUT2D eigenvalue weighted by Gasteiger charge is 2.20. The number of nitrogens with one attached hydrogen (secondary N) is 1. The number of rotatable bonds is 6. The average Bonchev–Trinajstić information content (AvgIpc) is 3.17. The van der Waals surface area contributed by atoms with Crippen molar-refractivity contribution < 1.29 is 13.9 Å². The van der Waals surface area contributed by atoms with Gasteiger partial charge in [0.2, 0.25) is 5.91 Å². The van der Waals surface area contributed by atoms with Gasteiger partial charge in [0.1, 0.15) is 11.6 Å². The highest BCUT2D eigenvalue weighted by Crippen LogP contribution is 2.25. The largest absolute Gasteiger partial charge is 0.496 e. The molecule has 0 aromatic heterocycles. The molecule has 0 atom stereocenters. The van der Waals surface area contributed by atoms with Crippen LogP contribution in [0.3, 0.4) is 0 Å². The van der Waals surface area contributed by atoms with Gasteiger partial charge in [-0.1, -0.05) is 6.07 Å². The topological polar surface area (TPSA) is 44.8 Å². The minimum atomic E-state index is -0.248. The third kappa shape index (κ3) is 4.95. The molecule has 154 valence electrons. The van der Waals surface area contributed by atoms with Crippen molar-refractivity contribution in [2.75, 3.05) is 45.2 Å². The van der Waals surface area contributed by atoms with Crippen LogP contribution in [0.4, 0.5) is 10.1 Å². The van der Waals surface area contributed by atoms with Gasteiger partial charge in [0.25, 0.3) is 0 Å². The Hall–Kier alpha value is -2.44. The highest BCUT2D eigenvalue weighted by molar-refractivity contribution is 5.92. The molecular weight excluding hydrogens is 369 g/mol. The molecule has 2 aliphatic rings. The summed E-state index contributed by atoms with van der Waals surface area (Å²) in [7, 11) is 1.61.